The summed E-state index contributed by atoms with van der Waals surface area (Å²) in [7, 11) is 1.63. The van der Waals surface area contributed by atoms with E-state index in [2.05, 4.69) is 0 Å². The van der Waals surface area contributed by atoms with Crippen molar-refractivity contribution in [3.8, 4) is 0 Å². The first-order valence-electron chi connectivity index (χ1n) is 4.96. The van der Waals surface area contributed by atoms with E-state index >= 15 is 0 Å². The molecule has 4 heteroatoms. The molecule has 0 saturated heterocycles. The Bertz CT molecular complexity index is 309. The Morgan fingerprint density at radius 3 is 2.33 bits per heavy atom. The van der Waals surface area contributed by atoms with Gasteiger partial charge in [-0.2, -0.15) is 0 Å². The summed E-state index contributed by atoms with van der Waals surface area (Å²) >= 11 is 0. The minimum absolute atomic E-state index is 0.525. The van der Waals surface area contributed by atoms with Crippen molar-refractivity contribution in [1.82, 2.24) is 0 Å². The molecule has 3 nitrogen and oxygen atoms in total. The molecule has 1 radical (unpaired) electrons. The highest BCUT2D eigenvalue weighted by Gasteiger charge is 2.24. The van der Waals surface area contributed by atoms with Crippen LogP contribution < -0.4 is 11.2 Å². The van der Waals surface area contributed by atoms with Gasteiger partial charge in [-0.05, 0) is 32.9 Å². The van der Waals surface area contributed by atoms with Gasteiger partial charge in [-0.25, -0.2) is 0 Å². The van der Waals surface area contributed by atoms with Crippen molar-refractivity contribution in [1.29, 1.82) is 0 Å². The van der Waals surface area contributed by atoms with Crippen LogP contribution in [0.3, 0.4) is 0 Å². The average Bonchev–Trinajstić information content (AvgIpc) is 2.17. The summed E-state index contributed by atoms with van der Waals surface area (Å²) in [5, 5.41) is 9.44. The fourth-order valence-corrected chi connectivity index (χ4v) is 0.893. The molecule has 1 atom stereocenters. The lowest BCUT2D eigenvalue weighted by Crippen LogP contribution is -2.40. The molecule has 1 rings (SSSR count). The van der Waals surface area contributed by atoms with E-state index in [4.69, 9.17) is 10.4 Å². The van der Waals surface area contributed by atoms with Crippen molar-refractivity contribution in [2.45, 2.75) is 32.5 Å². The van der Waals surface area contributed by atoms with Crippen molar-refractivity contribution in [2.75, 3.05) is 5.73 Å². The molecule has 0 spiro atoms. The zero-order chi connectivity index (χ0) is 11.5. The molecule has 0 bridgehead atoms. The monoisotopic (exact) mass is 206 g/mol. The molecule has 0 aliphatic carbocycles. The highest BCUT2D eigenvalue weighted by atomic mass is 16.5. The fourth-order valence-electron chi connectivity index (χ4n) is 0.893. The van der Waals surface area contributed by atoms with Crippen molar-refractivity contribution >= 4 is 18.6 Å². The van der Waals surface area contributed by atoms with Crippen LogP contribution in [0, 0.1) is 0 Å². The smallest absolute Gasteiger partial charge is 0.330 e. The topological polar surface area (TPSA) is 55.5 Å². The number of anilines is 1. The summed E-state index contributed by atoms with van der Waals surface area (Å²) in [6.07, 6.45) is -0.525. The second kappa shape index (κ2) is 4.68. The van der Waals surface area contributed by atoms with Crippen LogP contribution in [0.2, 0.25) is 0 Å². The SMILES string of the molecule is CC(O)C(C)(C)O[B]c1ccc(N)cc1. The Kier molecular flexibility index (Phi) is 3.77. The van der Waals surface area contributed by atoms with Gasteiger partial charge in [0.15, 0.2) is 0 Å². The van der Waals surface area contributed by atoms with E-state index in [-0.39, 0.29) is 0 Å². The predicted molar refractivity (Wildman–Crippen MR) is 63.1 cm³/mol. The molecule has 0 fully saturated rings. The third-order valence-electron chi connectivity index (χ3n) is 2.44. The number of benzene rings is 1. The van der Waals surface area contributed by atoms with Gasteiger partial charge in [-0.3, -0.25) is 0 Å². The van der Waals surface area contributed by atoms with Crippen molar-refractivity contribution in [2.24, 2.45) is 0 Å². The maximum absolute atomic E-state index is 9.44. The summed E-state index contributed by atoms with van der Waals surface area (Å²) in [5.41, 5.74) is 6.63. The minimum atomic E-state index is -0.582. The zero-order valence-corrected chi connectivity index (χ0v) is 9.40. The van der Waals surface area contributed by atoms with E-state index in [9.17, 15) is 5.11 Å². The van der Waals surface area contributed by atoms with Gasteiger partial charge in [-0.1, -0.05) is 17.6 Å². The van der Waals surface area contributed by atoms with Crippen molar-refractivity contribution in [3.05, 3.63) is 24.3 Å². The first-order chi connectivity index (χ1) is 6.92. The first-order valence-corrected chi connectivity index (χ1v) is 4.96. The number of hydrogen-bond donors (Lipinski definition) is 2. The number of nitrogen functional groups attached to an aromatic ring is 1. The lowest BCUT2D eigenvalue weighted by molar-refractivity contribution is -0.0146. The second-order valence-electron chi connectivity index (χ2n) is 4.18. The van der Waals surface area contributed by atoms with Gasteiger partial charge >= 0.3 is 7.48 Å². The molecule has 81 valence electrons. The van der Waals surface area contributed by atoms with Gasteiger partial charge in [0, 0.05) is 5.69 Å². The lowest BCUT2D eigenvalue weighted by Gasteiger charge is -2.28. The van der Waals surface area contributed by atoms with Crippen LogP contribution in [0.25, 0.3) is 0 Å². The van der Waals surface area contributed by atoms with Gasteiger partial charge in [0.05, 0.1) is 11.7 Å². The summed E-state index contributed by atoms with van der Waals surface area (Å²) in [6, 6.07) is 7.36. The van der Waals surface area contributed by atoms with E-state index in [1.54, 1.807) is 14.4 Å². The van der Waals surface area contributed by atoms with Crippen LogP contribution in [-0.4, -0.2) is 24.3 Å². The molecule has 0 heterocycles. The number of nitrogens with two attached hydrogens (primary N) is 1. The predicted octanol–water partition coefficient (Wildman–Crippen LogP) is 0.689. The van der Waals surface area contributed by atoms with Crippen molar-refractivity contribution in [3.63, 3.8) is 0 Å². The average molecular weight is 206 g/mol. The molecular weight excluding hydrogens is 189 g/mol. The summed E-state index contributed by atoms with van der Waals surface area (Å²) < 4.78 is 5.50. The third-order valence-corrected chi connectivity index (χ3v) is 2.44. The molecule has 3 N–H and O–H groups in total. The maximum Gasteiger partial charge on any atom is 0.330 e. The number of rotatable bonds is 4. The summed E-state index contributed by atoms with van der Waals surface area (Å²) in [5.74, 6) is 0. The first kappa shape index (κ1) is 12.1. The molecular formula is C11H17BNO2. The van der Waals surface area contributed by atoms with Crippen LogP contribution >= 0.6 is 0 Å². The van der Waals surface area contributed by atoms with Crippen LogP contribution in [0.1, 0.15) is 20.8 Å². The van der Waals surface area contributed by atoms with E-state index in [1.165, 1.54) is 0 Å². The molecule has 0 amide bonds. The van der Waals surface area contributed by atoms with E-state index in [0.29, 0.717) is 0 Å². The molecule has 1 unspecified atom stereocenters. The molecule has 15 heavy (non-hydrogen) atoms. The van der Waals surface area contributed by atoms with Crippen molar-refractivity contribution < 1.29 is 9.76 Å². The van der Waals surface area contributed by atoms with E-state index < -0.39 is 11.7 Å². The van der Waals surface area contributed by atoms with Crippen LogP contribution in [0.15, 0.2) is 24.3 Å². The summed E-state index contributed by atoms with van der Waals surface area (Å²) in [6.45, 7) is 5.38. The third kappa shape index (κ3) is 3.57. The molecule has 0 aromatic heterocycles. The molecule has 0 saturated carbocycles. The Morgan fingerprint density at radius 2 is 1.87 bits per heavy atom. The number of hydrogen-bond acceptors (Lipinski definition) is 3. The lowest BCUT2D eigenvalue weighted by atomic mass is 9.86. The van der Waals surface area contributed by atoms with Gasteiger partial charge in [0.2, 0.25) is 0 Å². The van der Waals surface area contributed by atoms with Gasteiger partial charge < -0.3 is 15.5 Å². The quantitative estimate of drug-likeness (QED) is 0.562. The Morgan fingerprint density at radius 1 is 1.33 bits per heavy atom. The van der Waals surface area contributed by atoms with Gasteiger partial charge in [0.25, 0.3) is 0 Å². The molecule has 0 aliphatic rings. The Hall–Kier alpha value is -0.995. The highest BCUT2D eigenvalue weighted by molar-refractivity contribution is 6.47. The second-order valence-corrected chi connectivity index (χ2v) is 4.18. The molecule has 1 aromatic carbocycles. The van der Waals surface area contributed by atoms with E-state index in [1.807, 2.05) is 38.1 Å². The zero-order valence-electron chi connectivity index (χ0n) is 9.40. The van der Waals surface area contributed by atoms with Crippen LogP contribution in [-0.2, 0) is 4.65 Å². The number of aliphatic hydroxyl groups excluding tert-OH is 1. The van der Waals surface area contributed by atoms with Crippen LogP contribution in [0.5, 0.6) is 0 Å². The summed E-state index contributed by atoms with van der Waals surface area (Å²) in [4.78, 5) is 0. The van der Waals surface area contributed by atoms with E-state index in [0.717, 1.165) is 11.2 Å². The fraction of sp³-hybridized carbons (Fsp3) is 0.455. The Labute approximate surface area is 91.5 Å². The minimum Gasteiger partial charge on any atom is -0.427 e. The number of aliphatic hydroxyl groups is 1. The van der Waals surface area contributed by atoms with Gasteiger partial charge in [-0.15, -0.1) is 0 Å². The molecule has 0 aliphatic heterocycles. The van der Waals surface area contributed by atoms with Crippen LogP contribution in [0.4, 0.5) is 5.69 Å². The molecule has 1 aromatic rings. The maximum atomic E-state index is 9.44. The van der Waals surface area contributed by atoms with Gasteiger partial charge in [0.1, 0.15) is 0 Å². The largest absolute Gasteiger partial charge is 0.427 e. The standard InChI is InChI=1S/C11H17BNO2/c1-8(14)11(2,3)15-12-9-4-6-10(13)7-5-9/h4-8,14H,13H2,1-3H3. The highest BCUT2D eigenvalue weighted by Crippen LogP contribution is 2.13. The Balaban J connectivity index is 2.54. The normalized spacial score (nSPS) is 13.6.